The van der Waals surface area contributed by atoms with Crippen LogP contribution < -0.4 is 14.8 Å². The van der Waals surface area contributed by atoms with Crippen LogP contribution in [0.5, 0.6) is 11.5 Å². The molecule has 1 heterocycles. The minimum absolute atomic E-state index is 0.00262. The van der Waals surface area contributed by atoms with Gasteiger partial charge in [-0.3, -0.25) is 14.9 Å². The highest BCUT2D eigenvalue weighted by molar-refractivity contribution is 6.08. The molecule has 0 bridgehead atoms. The van der Waals surface area contributed by atoms with Gasteiger partial charge in [-0.1, -0.05) is 0 Å². The van der Waals surface area contributed by atoms with Crippen molar-refractivity contribution >= 4 is 17.2 Å². The minimum Gasteiger partial charge on any atom is -0.493 e. The number of allylic oxidation sites excluding steroid dienone is 1. The lowest BCUT2D eigenvalue weighted by Crippen LogP contribution is -2.23. The number of carbonyl (C=O) groups is 1. The normalized spacial score (nSPS) is 14.3. The fourth-order valence-electron chi connectivity index (χ4n) is 3.16. The van der Waals surface area contributed by atoms with Crippen LogP contribution in [-0.4, -0.2) is 31.5 Å². The zero-order valence-corrected chi connectivity index (χ0v) is 15.4. The second-order valence-corrected chi connectivity index (χ2v) is 6.22. The van der Waals surface area contributed by atoms with Crippen LogP contribution in [-0.2, 0) is 6.42 Å². The first-order valence-corrected chi connectivity index (χ1v) is 8.44. The molecule has 0 aromatic heterocycles. The summed E-state index contributed by atoms with van der Waals surface area (Å²) in [6, 6.07) is 8.14. The summed E-state index contributed by atoms with van der Waals surface area (Å²) in [7, 11) is 3.15. The molecule has 0 aliphatic carbocycles. The van der Waals surface area contributed by atoms with E-state index in [0.29, 0.717) is 34.9 Å². The van der Waals surface area contributed by atoms with Gasteiger partial charge in [0.1, 0.15) is 0 Å². The summed E-state index contributed by atoms with van der Waals surface area (Å²) in [5, 5.41) is 14.2. The standard InChI is InChI=1S/C20H20N2O5/c1-12-8-14(4-5-17(12)22(24)25)18(23)11-16-15-10-20(27-3)19(26-2)9-13(15)6-7-21-16/h4-5,8-11,21H,6-7H2,1-3H3. The summed E-state index contributed by atoms with van der Waals surface area (Å²) in [4.78, 5) is 23.2. The van der Waals surface area contributed by atoms with Crippen molar-refractivity contribution in [1.82, 2.24) is 5.32 Å². The van der Waals surface area contributed by atoms with Gasteiger partial charge in [-0.2, -0.15) is 0 Å². The van der Waals surface area contributed by atoms with Crippen molar-refractivity contribution in [2.75, 3.05) is 20.8 Å². The van der Waals surface area contributed by atoms with Crippen molar-refractivity contribution in [2.45, 2.75) is 13.3 Å². The average molecular weight is 368 g/mol. The molecule has 0 unspecified atom stereocenters. The number of hydrogen-bond acceptors (Lipinski definition) is 6. The maximum atomic E-state index is 12.7. The second kappa shape index (κ2) is 7.49. The number of aryl methyl sites for hydroxylation is 1. The Balaban J connectivity index is 1.98. The maximum absolute atomic E-state index is 12.7. The number of carbonyl (C=O) groups excluding carboxylic acids is 1. The molecule has 0 fully saturated rings. The van der Waals surface area contributed by atoms with E-state index in [9.17, 15) is 14.9 Å². The average Bonchev–Trinajstić information content (AvgIpc) is 2.66. The van der Waals surface area contributed by atoms with E-state index < -0.39 is 4.92 Å². The number of methoxy groups -OCH3 is 2. The van der Waals surface area contributed by atoms with E-state index in [0.717, 1.165) is 17.5 Å². The third-order valence-electron chi connectivity index (χ3n) is 4.56. The molecule has 3 rings (SSSR count). The van der Waals surface area contributed by atoms with Crippen molar-refractivity contribution in [2.24, 2.45) is 0 Å². The SMILES string of the molecule is COc1cc2c(cc1OC)C(=CC(=O)c1ccc([N+](=O)[O-])c(C)c1)NCC2. The molecule has 2 aromatic carbocycles. The molecule has 140 valence electrons. The third kappa shape index (κ3) is 3.62. The number of nitrogens with one attached hydrogen (secondary N) is 1. The number of ketones is 1. The number of nitro groups is 1. The summed E-state index contributed by atoms with van der Waals surface area (Å²) in [5.74, 6) is 1.01. The van der Waals surface area contributed by atoms with Crippen LogP contribution in [0.3, 0.4) is 0 Å². The molecule has 0 atom stereocenters. The van der Waals surface area contributed by atoms with Gasteiger partial charge in [-0.25, -0.2) is 0 Å². The predicted molar refractivity (Wildman–Crippen MR) is 101 cm³/mol. The molecule has 0 amide bonds. The van der Waals surface area contributed by atoms with Crippen LogP contribution in [0.2, 0.25) is 0 Å². The maximum Gasteiger partial charge on any atom is 0.272 e. The van der Waals surface area contributed by atoms with Crippen molar-refractivity contribution < 1.29 is 19.2 Å². The fourth-order valence-corrected chi connectivity index (χ4v) is 3.16. The van der Waals surface area contributed by atoms with Gasteiger partial charge in [0.25, 0.3) is 5.69 Å². The summed E-state index contributed by atoms with van der Waals surface area (Å²) >= 11 is 0. The van der Waals surface area contributed by atoms with E-state index in [4.69, 9.17) is 9.47 Å². The zero-order valence-electron chi connectivity index (χ0n) is 15.4. The van der Waals surface area contributed by atoms with Crippen molar-refractivity contribution in [1.29, 1.82) is 0 Å². The molecule has 0 radical (unpaired) electrons. The third-order valence-corrected chi connectivity index (χ3v) is 4.56. The van der Waals surface area contributed by atoms with Crippen molar-refractivity contribution in [3.63, 3.8) is 0 Å². The van der Waals surface area contributed by atoms with Crippen LogP contribution in [0, 0.1) is 17.0 Å². The van der Waals surface area contributed by atoms with Gasteiger partial charge in [0, 0.05) is 41.1 Å². The molecule has 0 spiro atoms. The van der Waals surface area contributed by atoms with E-state index in [2.05, 4.69) is 5.32 Å². The van der Waals surface area contributed by atoms with E-state index in [1.54, 1.807) is 21.1 Å². The lowest BCUT2D eigenvalue weighted by Gasteiger charge is -2.23. The van der Waals surface area contributed by atoms with Gasteiger partial charge in [0.05, 0.1) is 19.1 Å². The van der Waals surface area contributed by atoms with E-state index in [-0.39, 0.29) is 11.5 Å². The Labute approximate surface area is 156 Å². The van der Waals surface area contributed by atoms with Crippen LogP contribution in [0.15, 0.2) is 36.4 Å². The highest BCUT2D eigenvalue weighted by atomic mass is 16.6. The Bertz CT molecular complexity index is 950. The molecule has 0 saturated carbocycles. The summed E-state index contributed by atoms with van der Waals surface area (Å²) in [6.07, 6.45) is 2.32. The van der Waals surface area contributed by atoms with Gasteiger partial charge in [-0.05, 0) is 43.2 Å². The number of rotatable bonds is 5. The zero-order chi connectivity index (χ0) is 19.6. The first-order valence-electron chi connectivity index (χ1n) is 8.44. The van der Waals surface area contributed by atoms with E-state index >= 15 is 0 Å². The molecule has 0 saturated heterocycles. The predicted octanol–water partition coefficient (Wildman–Crippen LogP) is 3.29. The molecular formula is C20H20N2O5. The van der Waals surface area contributed by atoms with Crippen LogP contribution in [0.4, 0.5) is 5.69 Å². The van der Waals surface area contributed by atoms with E-state index in [1.807, 2.05) is 12.1 Å². The summed E-state index contributed by atoms with van der Waals surface area (Å²) in [5.41, 5.74) is 3.49. The lowest BCUT2D eigenvalue weighted by molar-refractivity contribution is -0.385. The highest BCUT2D eigenvalue weighted by Gasteiger charge is 2.20. The van der Waals surface area contributed by atoms with Crippen LogP contribution in [0.1, 0.15) is 27.0 Å². The van der Waals surface area contributed by atoms with Gasteiger partial charge < -0.3 is 14.8 Å². The van der Waals surface area contributed by atoms with Crippen molar-refractivity contribution in [3.8, 4) is 11.5 Å². The number of nitro benzene ring substituents is 1. The molecule has 2 aromatic rings. The van der Waals surface area contributed by atoms with Crippen molar-refractivity contribution in [3.05, 3.63) is 68.8 Å². The van der Waals surface area contributed by atoms with Gasteiger partial charge in [0.2, 0.25) is 0 Å². The Morgan fingerprint density at radius 2 is 1.89 bits per heavy atom. The molecule has 7 nitrogen and oxygen atoms in total. The van der Waals surface area contributed by atoms with E-state index in [1.165, 1.54) is 24.3 Å². The smallest absolute Gasteiger partial charge is 0.272 e. The Morgan fingerprint density at radius 1 is 1.19 bits per heavy atom. The summed E-state index contributed by atoms with van der Waals surface area (Å²) < 4.78 is 10.7. The second-order valence-electron chi connectivity index (χ2n) is 6.22. The lowest BCUT2D eigenvalue weighted by atomic mass is 9.95. The minimum atomic E-state index is -0.458. The Morgan fingerprint density at radius 3 is 2.52 bits per heavy atom. The number of ether oxygens (including phenoxy) is 2. The summed E-state index contributed by atoms with van der Waals surface area (Å²) in [6.45, 7) is 2.31. The number of benzene rings is 2. The van der Waals surface area contributed by atoms with Gasteiger partial charge in [0.15, 0.2) is 17.3 Å². The molecule has 1 aliphatic heterocycles. The highest BCUT2D eigenvalue weighted by Crippen LogP contribution is 2.35. The largest absolute Gasteiger partial charge is 0.493 e. The number of hydrogen-bond donors (Lipinski definition) is 1. The Hall–Kier alpha value is -3.35. The van der Waals surface area contributed by atoms with Gasteiger partial charge >= 0.3 is 0 Å². The molecule has 1 N–H and O–H groups in total. The quantitative estimate of drug-likeness (QED) is 0.377. The first-order chi connectivity index (χ1) is 12.9. The topological polar surface area (TPSA) is 90.7 Å². The number of fused-ring (bicyclic) bond motifs is 1. The molecular weight excluding hydrogens is 348 g/mol. The molecule has 1 aliphatic rings. The molecule has 27 heavy (non-hydrogen) atoms. The Kier molecular flexibility index (Phi) is 5.12. The molecule has 7 heteroatoms. The van der Waals surface area contributed by atoms with Gasteiger partial charge in [-0.15, -0.1) is 0 Å². The monoisotopic (exact) mass is 368 g/mol. The first kappa shape index (κ1) is 18.4. The van der Waals surface area contributed by atoms with Crippen LogP contribution in [0.25, 0.3) is 5.70 Å². The van der Waals surface area contributed by atoms with Crippen LogP contribution >= 0.6 is 0 Å². The number of nitrogens with zero attached hydrogens (tertiary/aromatic N) is 1. The fraction of sp³-hybridized carbons (Fsp3) is 0.250.